The van der Waals surface area contributed by atoms with Gasteiger partial charge in [-0.05, 0) is 20.8 Å². The summed E-state index contributed by atoms with van der Waals surface area (Å²) in [5.74, 6) is 0. The fourth-order valence-electron chi connectivity index (χ4n) is 1.08. The zero-order valence-corrected chi connectivity index (χ0v) is 9.81. The molecule has 0 aromatic heterocycles. The zero-order chi connectivity index (χ0) is 9.78. The molecule has 0 spiro atoms. The van der Waals surface area contributed by atoms with Crippen molar-refractivity contribution in [3.05, 3.63) is 11.5 Å². The van der Waals surface area contributed by atoms with Gasteiger partial charge in [-0.15, -0.1) is 12.4 Å². The van der Waals surface area contributed by atoms with Crippen LogP contribution in [-0.4, -0.2) is 27.8 Å². The van der Waals surface area contributed by atoms with Gasteiger partial charge in [-0.2, -0.15) is 0 Å². The van der Waals surface area contributed by atoms with Crippen molar-refractivity contribution in [1.29, 1.82) is 0 Å². The molecule has 0 bridgehead atoms. The lowest BCUT2D eigenvalue weighted by Gasteiger charge is -2.24. The topological polar surface area (TPSA) is 60.8 Å². The SMILES string of the molecule is CC=C(N(CC)CC)P(=O)(O)O.Cl. The third-order valence-electron chi connectivity index (χ3n) is 1.64. The molecule has 0 saturated heterocycles. The first-order chi connectivity index (χ1) is 5.47. The second kappa shape index (κ2) is 6.44. The van der Waals surface area contributed by atoms with E-state index in [1.54, 1.807) is 11.8 Å². The second-order valence-electron chi connectivity index (χ2n) is 2.36. The van der Waals surface area contributed by atoms with Gasteiger partial charge in [0.05, 0.1) is 0 Å². The van der Waals surface area contributed by atoms with Gasteiger partial charge in [0.15, 0.2) is 0 Å². The van der Waals surface area contributed by atoms with Crippen LogP contribution in [0.25, 0.3) is 0 Å². The molecule has 0 aliphatic carbocycles. The van der Waals surface area contributed by atoms with Crippen LogP contribution in [0.3, 0.4) is 0 Å². The van der Waals surface area contributed by atoms with Crippen LogP contribution in [0.2, 0.25) is 0 Å². The Balaban J connectivity index is 0. The number of rotatable bonds is 4. The first-order valence-electron chi connectivity index (χ1n) is 3.94. The van der Waals surface area contributed by atoms with Crippen LogP contribution < -0.4 is 0 Å². The van der Waals surface area contributed by atoms with Crippen LogP contribution in [-0.2, 0) is 4.57 Å². The summed E-state index contributed by atoms with van der Waals surface area (Å²) >= 11 is 0. The summed E-state index contributed by atoms with van der Waals surface area (Å²) in [6.45, 7) is 6.58. The summed E-state index contributed by atoms with van der Waals surface area (Å²) in [6.07, 6.45) is 1.47. The fraction of sp³-hybridized carbons (Fsp3) is 0.714. The zero-order valence-electron chi connectivity index (χ0n) is 8.10. The van der Waals surface area contributed by atoms with Gasteiger partial charge < -0.3 is 14.7 Å². The van der Waals surface area contributed by atoms with Crippen molar-refractivity contribution in [2.75, 3.05) is 13.1 Å². The average molecular weight is 230 g/mol. The molecule has 6 heteroatoms. The van der Waals surface area contributed by atoms with Gasteiger partial charge in [-0.25, -0.2) is 0 Å². The third kappa shape index (κ3) is 4.67. The summed E-state index contributed by atoms with van der Waals surface area (Å²) in [6, 6.07) is 0. The summed E-state index contributed by atoms with van der Waals surface area (Å²) < 4.78 is 10.9. The number of halogens is 1. The van der Waals surface area contributed by atoms with E-state index in [1.165, 1.54) is 6.08 Å². The molecule has 0 aliphatic rings. The second-order valence-corrected chi connectivity index (χ2v) is 3.91. The van der Waals surface area contributed by atoms with E-state index in [-0.39, 0.29) is 17.8 Å². The van der Waals surface area contributed by atoms with Crippen LogP contribution in [0.15, 0.2) is 11.5 Å². The van der Waals surface area contributed by atoms with Crippen molar-refractivity contribution < 1.29 is 14.4 Å². The normalized spacial score (nSPS) is 12.2. The lowest BCUT2D eigenvalue weighted by atomic mass is 10.5. The molecule has 13 heavy (non-hydrogen) atoms. The Morgan fingerprint density at radius 1 is 1.38 bits per heavy atom. The molecule has 0 fully saturated rings. The van der Waals surface area contributed by atoms with E-state index < -0.39 is 7.60 Å². The number of allylic oxidation sites excluding steroid dienone is 1. The molecule has 0 saturated carbocycles. The van der Waals surface area contributed by atoms with Gasteiger partial charge in [0.25, 0.3) is 0 Å². The Kier molecular flexibility index (Phi) is 7.65. The maximum absolute atomic E-state index is 10.9. The smallest absolute Gasteiger partial charge is 0.366 e. The maximum atomic E-state index is 10.9. The van der Waals surface area contributed by atoms with Crippen molar-refractivity contribution in [2.24, 2.45) is 0 Å². The fourth-order valence-corrected chi connectivity index (χ4v) is 2.07. The van der Waals surface area contributed by atoms with E-state index in [2.05, 4.69) is 0 Å². The molecular formula is C7H17ClNO3P. The Labute approximate surface area is 85.2 Å². The molecule has 0 atom stereocenters. The Morgan fingerprint density at radius 3 is 1.85 bits per heavy atom. The number of hydrogen-bond donors (Lipinski definition) is 2. The highest BCUT2D eigenvalue weighted by Gasteiger charge is 2.23. The lowest BCUT2D eigenvalue weighted by Crippen LogP contribution is -2.22. The van der Waals surface area contributed by atoms with Crippen LogP contribution in [0.5, 0.6) is 0 Å². The number of nitrogens with zero attached hydrogens (tertiary/aromatic N) is 1. The van der Waals surface area contributed by atoms with Crippen LogP contribution in [0.1, 0.15) is 20.8 Å². The molecule has 0 radical (unpaired) electrons. The number of hydrogen-bond acceptors (Lipinski definition) is 2. The van der Waals surface area contributed by atoms with E-state index in [0.717, 1.165) is 0 Å². The standard InChI is InChI=1S/C7H16NO3P.ClH/c1-4-7(12(9,10)11)8(5-2)6-3;/h4H,5-6H2,1-3H3,(H2,9,10,11);1H. The predicted octanol–water partition coefficient (Wildman–Crippen LogP) is 1.79. The molecule has 2 N–H and O–H groups in total. The Hall–Kier alpha value is -0.0200. The van der Waals surface area contributed by atoms with E-state index in [0.29, 0.717) is 13.1 Å². The molecule has 80 valence electrons. The first-order valence-corrected chi connectivity index (χ1v) is 5.55. The van der Waals surface area contributed by atoms with Gasteiger partial charge >= 0.3 is 7.60 Å². The third-order valence-corrected chi connectivity index (χ3v) is 2.78. The average Bonchev–Trinajstić information content (AvgIpc) is 1.97. The summed E-state index contributed by atoms with van der Waals surface area (Å²) in [5, 5.41) is 0. The molecule has 0 heterocycles. The summed E-state index contributed by atoms with van der Waals surface area (Å²) in [7, 11) is -4.08. The van der Waals surface area contributed by atoms with Gasteiger partial charge in [0.2, 0.25) is 0 Å². The van der Waals surface area contributed by atoms with Crippen molar-refractivity contribution >= 4 is 20.0 Å². The van der Waals surface area contributed by atoms with E-state index in [4.69, 9.17) is 9.79 Å². The highest BCUT2D eigenvalue weighted by molar-refractivity contribution is 7.56. The minimum absolute atomic E-state index is 0. The first kappa shape index (κ1) is 15.5. The molecule has 0 rings (SSSR count). The molecular weight excluding hydrogens is 213 g/mol. The minimum Gasteiger partial charge on any atom is -0.366 e. The van der Waals surface area contributed by atoms with Gasteiger partial charge in [-0.1, -0.05) is 6.08 Å². The predicted molar refractivity (Wildman–Crippen MR) is 56.0 cm³/mol. The highest BCUT2D eigenvalue weighted by atomic mass is 35.5. The molecule has 4 nitrogen and oxygen atoms in total. The summed E-state index contributed by atoms with van der Waals surface area (Å²) in [4.78, 5) is 19.5. The van der Waals surface area contributed by atoms with Crippen molar-refractivity contribution in [2.45, 2.75) is 20.8 Å². The van der Waals surface area contributed by atoms with E-state index in [1.807, 2.05) is 13.8 Å². The molecule has 0 aromatic rings. The molecule has 0 aromatic carbocycles. The van der Waals surface area contributed by atoms with Crippen molar-refractivity contribution in [3.63, 3.8) is 0 Å². The van der Waals surface area contributed by atoms with Gasteiger partial charge in [0.1, 0.15) is 5.44 Å². The molecule has 0 amide bonds. The summed E-state index contributed by atoms with van der Waals surface area (Å²) in [5.41, 5.74) is 0.118. The van der Waals surface area contributed by atoms with Crippen LogP contribution in [0.4, 0.5) is 0 Å². The van der Waals surface area contributed by atoms with Crippen LogP contribution in [0, 0.1) is 0 Å². The van der Waals surface area contributed by atoms with E-state index >= 15 is 0 Å². The highest BCUT2D eigenvalue weighted by Crippen LogP contribution is 2.46. The largest absolute Gasteiger partial charge is 0.371 e. The lowest BCUT2D eigenvalue weighted by molar-refractivity contribution is 0.336. The Bertz CT molecular complexity index is 210. The van der Waals surface area contributed by atoms with E-state index in [9.17, 15) is 4.57 Å². The monoisotopic (exact) mass is 229 g/mol. The van der Waals surface area contributed by atoms with Gasteiger partial charge in [0, 0.05) is 13.1 Å². The molecule has 0 aliphatic heterocycles. The quantitative estimate of drug-likeness (QED) is 0.722. The maximum Gasteiger partial charge on any atom is 0.371 e. The van der Waals surface area contributed by atoms with Gasteiger partial charge in [-0.3, -0.25) is 4.57 Å². The van der Waals surface area contributed by atoms with Crippen molar-refractivity contribution in [1.82, 2.24) is 4.90 Å². The Morgan fingerprint density at radius 2 is 1.77 bits per heavy atom. The van der Waals surface area contributed by atoms with Crippen molar-refractivity contribution in [3.8, 4) is 0 Å². The minimum atomic E-state index is -4.08. The molecule has 0 unspecified atom stereocenters. The van der Waals surface area contributed by atoms with Crippen LogP contribution >= 0.6 is 20.0 Å².